The van der Waals surface area contributed by atoms with E-state index in [0.717, 1.165) is 18.5 Å². The molecule has 0 fully saturated rings. The summed E-state index contributed by atoms with van der Waals surface area (Å²) in [5.74, 6) is -0.0949. The van der Waals surface area contributed by atoms with Crippen molar-refractivity contribution in [1.82, 2.24) is 5.32 Å². The van der Waals surface area contributed by atoms with Gasteiger partial charge in [0.05, 0.1) is 12.2 Å². The number of hydrogen-bond acceptors (Lipinski definition) is 7. The van der Waals surface area contributed by atoms with Gasteiger partial charge in [0.25, 0.3) is 0 Å². The van der Waals surface area contributed by atoms with E-state index in [1.54, 1.807) is 12.1 Å². The van der Waals surface area contributed by atoms with Gasteiger partial charge in [0, 0.05) is 29.3 Å². The van der Waals surface area contributed by atoms with Gasteiger partial charge in [0.1, 0.15) is 19.0 Å². The lowest BCUT2D eigenvalue weighted by Gasteiger charge is -2.34. The lowest BCUT2D eigenvalue weighted by atomic mass is 9.75. The van der Waals surface area contributed by atoms with E-state index in [9.17, 15) is 14.7 Å². The molecule has 1 aliphatic carbocycles. The summed E-state index contributed by atoms with van der Waals surface area (Å²) in [7, 11) is 0. The van der Waals surface area contributed by atoms with Gasteiger partial charge in [-0.1, -0.05) is 24.3 Å². The summed E-state index contributed by atoms with van der Waals surface area (Å²) < 4.78 is 16.7. The minimum atomic E-state index is -0.605. The van der Waals surface area contributed by atoms with E-state index >= 15 is 0 Å². The van der Waals surface area contributed by atoms with E-state index in [1.165, 1.54) is 6.07 Å². The average Bonchev–Trinajstić information content (AvgIpc) is 2.83. The number of Topliss-reactive ketones (excluding diaryl/α,β-unsaturated/α-hetero) is 1. The van der Waals surface area contributed by atoms with Crippen LogP contribution in [-0.4, -0.2) is 36.7 Å². The highest BCUT2D eigenvalue weighted by Crippen LogP contribution is 2.44. The number of ether oxygens (including phenoxy) is 3. The molecule has 2 aliphatic rings. The van der Waals surface area contributed by atoms with Crippen LogP contribution in [0.5, 0.6) is 17.2 Å². The number of allylic oxidation sites excluding steroid dienone is 3. The largest absolute Gasteiger partial charge is 0.504 e. The van der Waals surface area contributed by atoms with Crippen LogP contribution in [0.2, 0.25) is 0 Å². The van der Waals surface area contributed by atoms with E-state index < -0.39 is 11.9 Å². The van der Waals surface area contributed by atoms with Crippen LogP contribution < -0.4 is 14.8 Å². The standard InChI is InChI=1S/C27H29NO6/c1-3-32-23-16-18(12-13-21(23)29)25-24(17(2)28-20-10-7-11-22(30)26(20)25)27(31)34-15-14-33-19-8-5-4-6-9-19/h4-6,8-9,12-13,16,25,28-29H,3,7,10-11,14-15H2,1-2H3. The fourth-order valence-corrected chi connectivity index (χ4v) is 4.46. The smallest absolute Gasteiger partial charge is 0.336 e. The van der Waals surface area contributed by atoms with Gasteiger partial charge in [0.15, 0.2) is 17.3 Å². The molecule has 0 aromatic heterocycles. The Bertz CT molecular complexity index is 1140. The molecule has 0 spiro atoms. The van der Waals surface area contributed by atoms with Crippen molar-refractivity contribution in [2.75, 3.05) is 19.8 Å². The quantitative estimate of drug-likeness (QED) is 0.443. The molecule has 0 saturated carbocycles. The first-order valence-electron chi connectivity index (χ1n) is 11.5. The predicted molar refractivity (Wildman–Crippen MR) is 127 cm³/mol. The highest BCUT2D eigenvalue weighted by atomic mass is 16.6. The Morgan fingerprint density at radius 2 is 1.88 bits per heavy atom. The highest BCUT2D eigenvalue weighted by molar-refractivity contribution is 6.03. The van der Waals surface area contributed by atoms with Crippen LogP contribution in [-0.2, 0) is 14.3 Å². The number of rotatable bonds is 8. The van der Waals surface area contributed by atoms with Crippen molar-refractivity contribution in [2.45, 2.75) is 39.0 Å². The van der Waals surface area contributed by atoms with E-state index in [2.05, 4.69) is 5.32 Å². The third-order valence-corrected chi connectivity index (χ3v) is 5.94. The van der Waals surface area contributed by atoms with Gasteiger partial charge in [-0.25, -0.2) is 4.79 Å². The summed E-state index contributed by atoms with van der Waals surface area (Å²) in [6, 6.07) is 14.2. The SMILES string of the molecule is CCOc1cc(C2C(C(=O)OCCOc3ccccc3)=C(C)NC3=C2C(=O)CCC3)ccc1O. The van der Waals surface area contributed by atoms with Crippen LogP contribution in [0, 0.1) is 0 Å². The number of para-hydroxylation sites is 1. The number of benzene rings is 2. The molecule has 4 rings (SSSR count). The number of carbonyl (C=O) groups is 2. The van der Waals surface area contributed by atoms with Crippen LogP contribution in [0.3, 0.4) is 0 Å². The van der Waals surface area contributed by atoms with Gasteiger partial charge in [-0.2, -0.15) is 0 Å². The third kappa shape index (κ3) is 4.93. The molecular formula is C27H29NO6. The molecule has 2 aromatic carbocycles. The monoisotopic (exact) mass is 463 g/mol. The molecule has 1 unspecified atom stereocenters. The van der Waals surface area contributed by atoms with Crippen molar-refractivity contribution in [3.05, 3.63) is 76.6 Å². The van der Waals surface area contributed by atoms with Crippen LogP contribution in [0.15, 0.2) is 71.1 Å². The van der Waals surface area contributed by atoms with Crippen LogP contribution in [0.1, 0.15) is 44.6 Å². The van der Waals surface area contributed by atoms with Gasteiger partial charge >= 0.3 is 5.97 Å². The first kappa shape index (κ1) is 23.4. The maximum Gasteiger partial charge on any atom is 0.336 e. The number of carbonyl (C=O) groups excluding carboxylic acids is 2. The molecule has 7 heteroatoms. The zero-order chi connectivity index (χ0) is 24.1. The molecule has 2 aromatic rings. The molecule has 2 N–H and O–H groups in total. The number of ketones is 1. The molecule has 0 radical (unpaired) electrons. The van der Waals surface area contributed by atoms with Crippen molar-refractivity contribution >= 4 is 11.8 Å². The maximum absolute atomic E-state index is 13.3. The number of dihydropyridines is 1. The topological polar surface area (TPSA) is 94.1 Å². The number of nitrogens with one attached hydrogen (secondary N) is 1. The minimum Gasteiger partial charge on any atom is -0.504 e. The van der Waals surface area contributed by atoms with E-state index in [0.29, 0.717) is 46.9 Å². The number of hydrogen-bond donors (Lipinski definition) is 2. The van der Waals surface area contributed by atoms with Crippen LogP contribution in [0.25, 0.3) is 0 Å². The molecule has 178 valence electrons. The number of phenols is 1. The second-order valence-electron chi connectivity index (χ2n) is 8.22. The van der Waals surface area contributed by atoms with Crippen LogP contribution >= 0.6 is 0 Å². The van der Waals surface area contributed by atoms with Gasteiger partial charge in [-0.05, 0) is 56.5 Å². The first-order chi connectivity index (χ1) is 16.5. The normalized spacial score (nSPS) is 17.7. The minimum absolute atomic E-state index is 0.00611. The lowest BCUT2D eigenvalue weighted by Crippen LogP contribution is -2.34. The molecule has 34 heavy (non-hydrogen) atoms. The summed E-state index contributed by atoms with van der Waals surface area (Å²) in [5, 5.41) is 13.5. The molecule has 1 aliphatic heterocycles. The highest BCUT2D eigenvalue weighted by Gasteiger charge is 2.39. The van der Waals surface area contributed by atoms with Gasteiger partial charge in [0.2, 0.25) is 0 Å². The Balaban J connectivity index is 1.61. The summed E-state index contributed by atoms with van der Waals surface area (Å²) >= 11 is 0. The number of phenolic OH excluding ortho intramolecular Hbond substituents is 1. The van der Waals surface area contributed by atoms with Gasteiger partial charge in [-0.3, -0.25) is 4.79 Å². The fraction of sp³-hybridized carbons (Fsp3) is 0.333. The molecule has 1 heterocycles. The second-order valence-corrected chi connectivity index (χ2v) is 8.22. The third-order valence-electron chi connectivity index (χ3n) is 5.94. The van der Waals surface area contributed by atoms with Crippen molar-refractivity contribution < 1.29 is 28.9 Å². The zero-order valence-corrected chi connectivity index (χ0v) is 19.4. The Morgan fingerprint density at radius 1 is 1.09 bits per heavy atom. The summed E-state index contributed by atoms with van der Waals surface area (Å²) in [4.78, 5) is 26.3. The second kappa shape index (κ2) is 10.5. The van der Waals surface area contributed by atoms with Crippen molar-refractivity contribution in [2.24, 2.45) is 0 Å². The van der Waals surface area contributed by atoms with Crippen molar-refractivity contribution in [3.63, 3.8) is 0 Å². The molecule has 0 bridgehead atoms. The van der Waals surface area contributed by atoms with Crippen LogP contribution in [0.4, 0.5) is 0 Å². The predicted octanol–water partition coefficient (Wildman–Crippen LogP) is 4.38. The van der Waals surface area contributed by atoms with Gasteiger partial charge in [-0.15, -0.1) is 0 Å². The first-order valence-corrected chi connectivity index (χ1v) is 11.5. The van der Waals surface area contributed by atoms with E-state index in [-0.39, 0.29) is 24.7 Å². The summed E-state index contributed by atoms with van der Waals surface area (Å²) in [6.07, 6.45) is 1.93. The fourth-order valence-electron chi connectivity index (χ4n) is 4.46. The molecular weight excluding hydrogens is 434 g/mol. The van der Waals surface area contributed by atoms with Crippen molar-refractivity contribution in [1.29, 1.82) is 0 Å². The Morgan fingerprint density at radius 3 is 2.65 bits per heavy atom. The summed E-state index contributed by atoms with van der Waals surface area (Å²) in [5.41, 5.74) is 3.14. The molecule has 0 amide bonds. The average molecular weight is 464 g/mol. The Kier molecular flexibility index (Phi) is 7.21. The molecule has 0 saturated heterocycles. The number of esters is 1. The molecule has 7 nitrogen and oxygen atoms in total. The Labute approximate surface area is 199 Å². The maximum atomic E-state index is 13.3. The Hall–Kier alpha value is -3.74. The van der Waals surface area contributed by atoms with E-state index in [1.807, 2.05) is 44.2 Å². The zero-order valence-electron chi connectivity index (χ0n) is 19.4. The van der Waals surface area contributed by atoms with Gasteiger partial charge < -0.3 is 24.6 Å². The number of aromatic hydroxyl groups is 1. The molecule has 1 atom stereocenters. The lowest BCUT2D eigenvalue weighted by molar-refractivity contribution is -0.140. The van der Waals surface area contributed by atoms with E-state index in [4.69, 9.17) is 14.2 Å². The van der Waals surface area contributed by atoms with Crippen molar-refractivity contribution in [3.8, 4) is 17.2 Å². The summed E-state index contributed by atoms with van der Waals surface area (Å²) in [6.45, 7) is 4.29.